The van der Waals surface area contributed by atoms with Crippen molar-refractivity contribution in [2.75, 3.05) is 7.11 Å². The topological polar surface area (TPSA) is 60.0 Å². The van der Waals surface area contributed by atoms with Crippen LogP contribution >= 0.6 is 11.6 Å². The minimum atomic E-state index is -2.65. The number of benzene rings is 1. The summed E-state index contributed by atoms with van der Waals surface area (Å²) in [5.41, 5.74) is 3.05. The Hall–Kier alpha value is -2.67. The number of hydrogen-bond donors (Lipinski definition) is 1. The minimum absolute atomic E-state index is 0.128. The van der Waals surface area contributed by atoms with Gasteiger partial charge in [0.2, 0.25) is 5.92 Å². The van der Waals surface area contributed by atoms with E-state index in [9.17, 15) is 8.78 Å². The fraction of sp³-hybridized carbons (Fsp3) is 0.364. The molecule has 0 radical (unpaired) electrons. The lowest BCUT2D eigenvalue weighted by Crippen LogP contribution is -2.09. The minimum Gasteiger partial charge on any atom is -0.496 e. The Morgan fingerprint density at radius 2 is 2.10 bits per heavy atom. The molecule has 1 saturated carbocycles. The molecule has 0 saturated heterocycles. The maximum Gasteiger partial charge on any atom is 0.248 e. The summed E-state index contributed by atoms with van der Waals surface area (Å²) in [6, 6.07) is 9.25. The van der Waals surface area contributed by atoms with Gasteiger partial charge in [-0.25, -0.2) is 13.8 Å². The molecule has 1 atom stereocenters. The van der Waals surface area contributed by atoms with E-state index in [2.05, 4.69) is 15.0 Å². The van der Waals surface area contributed by atoms with Crippen LogP contribution in [-0.4, -0.2) is 28.0 Å². The number of aromatic nitrogens is 3. The highest BCUT2D eigenvalue weighted by atomic mass is 35.5. The summed E-state index contributed by atoms with van der Waals surface area (Å²) in [6.07, 6.45) is 1.82. The quantitative estimate of drug-likeness (QED) is 0.523. The van der Waals surface area contributed by atoms with Crippen molar-refractivity contribution in [2.45, 2.75) is 44.6 Å². The van der Waals surface area contributed by atoms with E-state index in [0.29, 0.717) is 46.8 Å². The van der Waals surface area contributed by atoms with Crippen LogP contribution in [0.1, 0.15) is 42.3 Å². The van der Waals surface area contributed by atoms with Crippen molar-refractivity contribution < 1.29 is 18.3 Å². The first kappa shape index (κ1) is 20.6. The fourth-order valence-electron chi connectivity index (χ4n) is 3.63. The Labute approximate surface area is 178 Å². The number of H-pyrrole nitrogens is 1. The normalized spacial score (nSPS) is 17.8. The molecule has 0 spiro atoms. The number of nitrogens with zero attached hydrogens (tertiary/aromatic N) is 2. The summed E-state index contributed by atoms with van der Waals surface area (Å²) in [7, 11) is 1.55. The molecule has 0 amide bonds. The first-order valence-electron chi connectivity index (χ1n) is 9.70. The molecule has 8 heteroatoms. The lowest BCUT2D eigenvalue weighted by atomic mass is 10.1. The van der Waals surface area contributed by atoms with Crippen LogP contribution in [0, 0.1) is 6.92 Å². The van der Waals surface area contributed by atoms with Crippen molar-refractivity contribution in [1.82, 2.24) is 15.0 Å². The standard InChI is InChI=1S/C22H22ClF2N3O2/c1-13-3-4-14(11-26-13)12-30-16-5-6-17(18(9-16)29-2)19-20(23)28-21(27-19)15-7-8-22(24,25)10-15/h3-6,9,11,15H,7-8,10,12H2,1-2H3,(H,27,28). The van der Waals surface area contributed by atoms with E-state index in [4.69, 9.17) is 21.1 Å². The number of imidazole rings is 1. The molecule has 5 nitrogen and oxygen atoms in total. The third kappa shape index (κ3) is 4.41. The number of hydrogen-bond acceptors (Lipinski definition) is 4. The average molecular weight is 434 g/mol. The summed E-state index contributed by atoms with van der Waals surface area (Å²) in [4.78, 5) is 11.7. The van der Waals surface area contributed by atoms with Gasteiger partial charge in [-0.05, 0) is 31.5 Å². The van der Waals surface area contributed by atoms with Crippen LogP contribution in [0.15, 0.2) is 36.5 Å². The highest BCUT2D eigenvalue weighted by Gasteiger charge is 2.41. The first-order valence-corrected chi connectivity index (χ1v) is 10.1. The van der Waals surface area contributed by atoms with Gasteiger partial charge in [0.05, 0.1) is 7.11 Å². The Morgan fingerprint density at radius 3 is 2.77 bits per heavy atom. The van der Waals surface area contributed by atoms with Crippen LogP contribution in [0.25, 0.3) is 11.3 Å². The van der Waals surface area contributed by atoms with Crippen LogP contribution in [0.3, 0.4) is 0 Å². The highest BCUT2D eigenvalue weighted by molar-refractivity contribution is 6.32. The van der Waals surface area contributed by atoms with E-state index < -0.39 is 5.92 Å². The van der Waals surface area contributed by atoms with Crippen molar-refractivity contribution in [2.24, 2.45) is 0 Å². The number of alkyl halides is 2. The second-order valence-electron chi connectivity index (χ2n) is 7.54. The zero-order valence-electron chi connectivity index (χ0n) is 16.7. The van der Waals surface area contributed by atoms with Gasteiger partial charge in [-0.3, -0.25) is 4.98 Å². The molecule has 0 aliphatic heterocycles. The maximum absolute atomic E-state index is 13.6. The smallest absolute Gasteiger partial charge is 0.248 e. The average Bonchev–Trinajstić information content (AvgIpc) is 3.29. The zero-order chi connectivity index (χ0) is 21.3. The highest BCUT2D eigenvalue weighted by Crippen LogP contribution is 2.45. The van der Waals surface area contributed by atoms with Gasteiger partial charge in [0.25, 0.3) is 0 Å². The molecule has 1 aliphatic rings. The van der Waals surface area contributed by atoms with E-state index in [1.165, 1.54) is 0 Å². The van der Waals surface area contributed by atoms with Crippen molar-refractivity contribution >= 4 is 11.6 Å². The number of nitrogens with one attached hydrogen (secondary N) is 1. The second kappa shape index (κ2) is 8.22. The van der Waals surface area contributed by atoms with Crippen molar-refractivity contribution in [3.8, 4) is 22.8 Å². The Morgan fingerprint density at radius 1 is 1.27 bits per heavy atom. The number of methoxy groups -OCH3 is 1. The molecule has 1 aliphatic carbocycles. The van der Waals surface area contributed by atoms with E-state index in [-0.39, 0.29) is 18.8 Å². The van der Waals surface area contributed by atoms with Gasteiger partial charge in [-0.1, -0.05) is 17.7 Å². The number of halogens is 3. The van der Waals surface area contributed by atoms with Crippen LogP contribution in [0.4, 0.5) is 8.78 Å². The summed E-state index contributed by atoms with van der Waals surface area (Å²) < 4.78 is 38.5. The molecule has 1 aromatic carbocycles. The maximum atomic E-state index is 13.6. The molecule has 0 bridgehead atoms. The first-order chi connectivity index (χ1) is 14.3. The Balaban J connectivity index is 1.54. The van der Waals surface area contributed by atoms with E-state index >= 15 is 0 Å². The summed E-state index contributed by atoms with van der Waals surface area (Å²) in [6.45, 7) is 2.30. The van der Waals surface area contributed by atoms with E-state index in [0.717, 1.165) is 11.3 Å². The number of aryl methyl sites for hydroxylation is 1. The van der Waals surface area contributed by atoms with Crippen LogP contribution in [0.2, 0.25) is 5.15 Å². The number of ether oxygens (including phenoxy) is 2. The lowest BCUT2D eigenvalue weighted by Gasteiger charge is -2.11. The summed E-state index contributed by atoms with van der Waals surface area (Å²) >= 11 is 6.35. The van der Waals surface area contributed by atoms with Gasteiger partial charge in [-0.2, -0.15) is 0 Å². The van der Waals surface area contributed by atoms with Gasteiger partial charge in [0.15, 0.2) is 0 Å². The molecule has 1 fully saturated rings. The van der Waals surface area contributed by atoms with Gasteiger partial charge in [0, 0.05) is 47.8 Å². The largest absolute Gasteiger partial charge is 0.496 e. The molecule has 1 N–H and O–H groups in total. The second-order valence-corrected chi connectivity index (χ2v) is 7.92. The third-order valence-electron chi connectivity index (χ3n) is 5.27. The lowest BCUT2D eigenvalue weighted by molar-refractivity contribution is 0.00756. The van der Waals surface area contributed by atoms with Gasteiger partial charge < -0.3 is 14.5 Å². The van der Waals surface area contributed by atoms with Crippen molar-refractivity contribution in [3.05, 3.63) is 58.8 Å². The number of pyridine rings is 1. The Kier molecular flexibility index (Phi) is 5.64. The van der Waals surface area contributed by atoms with Crippen LogP contribution < -0.4 is 9.47 Å². The number of rotatable bonds is 6. The fourth-order valence-corrected chi connectivity index (χ4v) is 3.87. The molecule has 2 aromatic heterocycles. The molecular formula is C22H22ClF2N3O2. The van der Waals surface area contributed by atoms with Gasteiger partial charge >= 0.3 is 0 Å². The molecule has 2 heterocycles. The Bertz CT molecular complexity index is 1040. The zero-order valence-corrected chi connectivity index (χ0v) is 17.5. The molecule has 3 aromatic rings. The SMILES string of the molecule is COc1cc(OCc2ccc(C)nc2)ccc1-c1nc(C2CCC(F)(F)C2)[nH]c1Cl. The van der Waals surface area contributed by atoms with Gasteiger partial charge in [0.1, 0.15) is 34.8 Å². The monoisotopic (exact) mass is 433 g/mol. The molecule has 4 rings (SSSR count). The number of aromatic amines is 1. The predicted molar refractivity (Wildman–Crippen MR) is 110 cm³/mol. The molecular weight excluding hydrogens is 412 g/mol. The molecule has 1 unspecified atom stereocenters. The van der Waals surface area contributed by atoms with Crippen molar-refractivity contribution in [3.63, 3.8) is 0 Å². The van der Waals surface area contributed by atoms with Crippen LogP contribution in [-0.2, 0) is 6.61 Å². The van der Waals surface area contributed by atoms with E-state index in [1.54, 1.807) is 31.5 Å². The molecule has 158 valence electrons. The van der Waals surface area contributed by atoms with Gasteiger partial charge in [-0.15, -0.1) is 0 Å². The summed E-state index contributed by atoms with van der Waals surface area (Å²) in [5.74, 6) is -1.33. The van der Waals surface area contributed by atoms with Crippen molar-refractivity contribution in [1.29, 1.82) is 0 Å². The summed E-state index contributed by atoms with van der Waals surface area (Å²) in [5, 5.41) is 0.304. The van der Waals surface area contributed by atoms with Crippen LogP contribution in [0.5, 0.6) is 11.5 Å². The van der Waals surface area contributed by atoms with E-state index in [1.807, 2.05) is 19.1 Å². The predicted octanol–water partition coefficient (Wildman–Crippen LogP) is 5.92. The third-order valence-corrected chi connectivity index (χ3v) is 5.55. The molecule has 30 heavy (non-hydrogen) atoms.